The van der Waals surface area contributed by atoms with Crippen molar-refractivity contribution in [2.24, 2.45) is 0 Å². The van der Waals surface area contributed by atoms with Gasteiger partial charge in [-0.1, -0.05) is 0 Å². The van der Waals surface area contributed by atoms with E-state index in [0.717, 1.165) is 10.7 Å². The summed E-state index contributed by atoms with van der Waals surface area (Å²) in [5, 5.41) is 5.69. The Kier molecular flexibility index (Phi) is 2.64. The molecule has 4 heterocycles. The molecule has 0 amide bonds. The average molecular weight is 263 g/mol. The van der Waals surface area contributed by atoms with E-state index in [1.54, 1.807) is 11.3 Å². The molecule has 2 unspecified atom stereocenters. The molecule has 0 spiro atoms. The van der Waals surface area contributed by atoms with Crippen LogP contribution in [0.25, 0.3) is 4.96 Å². The van der Waals surface area contributed by atoms with Crippen molar-refractivity contribution in [2.45, 2.75) is 50.5 Å². The highest BCUT2D eigenvalue weighted by molar-refractivity contribution is 7.15. The zero-order chi connectivity index (χ0) is 11.9. The number of hydrogen-bond acceptors (Lipinski definition) is 4. The Labute approximate surface area is 110 Å². The minimum atomic E-state index is 0.420. The third-order valence-electron chi connectivity index (χ3n) is 4.04. The molecule has 2 saturated heterocycles. The van der Waals surface area contributed by atoms with Gasteiger partial charge in [-0.15, -0.1) is 11.3 Å². The molecular weight excluding hydrogens is 246 g/mol. The second kappa shape index (κ2) is 4.33. The lowest BCUT2D eigenvalue weighted by Crippen LogP contribution is -2.41. The van der Waals surface area contributed by atoms with E-state index in [4.69, 9.17) is 4.74 Å². The first-order valence-corrected chi connectivity index (χ1v) is 7.53. The fraction of sp³-hybridized carbons (Fsp3) is 0.615. The Hall–Kier alpha value is -0.910. The van der Waals surface area contributed by atoms with Gasteiger partial charge in [0.2, 0.25) is 0 Å². The van der Waals surface area contributed by atoms with Gasteiger partial charge in [-0.05, 0) is 25.7 Å². The lowest BCUT2D eigenvalue weighted by atomic mass is 10.0. The molecule has 0 radical (unpaired) electrons. The number of thiazole rings is 1. The van der Waals surface area contributed by atoms with Gasteiger partial charge >= 0.3 is 0 Å². The molecule has 2 aliphatic rings. The van der Waals surface area contributed by atoms with Crippen LogP contribution in [-0.2, 0) is 11.3 Å². The van der Waals surface area contributed by atoms with Crippen LogP contribution >= 0.6 is 11.3 Å². The number of fused-ring (bicyclic) bond motifs is 3. The van der Waals surface area contributed by atoms with E-state index in [0.29, 0.717) is 24.8 Å². The van der Waals surface area contributed by atoms with Gasteiger partial charge in [0.05, 0.1) is 18.4 Å². The Morgan fingerprint density at radius 2 is 2.22 bits per heavy atom. The summed E-state index contributed by atoms with van der Waals surface area (Å²) in [6.45, 7) is 0.651. The highest BCUT2D eigenvalue weighted by atomic mass is 32.1. The van der Waals surface area contributed by atoms with Crippen LogP contribution < -0.4 is 5.32 Å². The van der Waals surface area contributed by atoms with E-state index in [2.05, 4.69) is 26.3 Å². The van der Waals surface area contributed by atoms with Crippen LogP contribution in [0.2, 0.25) is 0 Å². The van der Waals surface area contributed by atoms with E-state index in [-0.39, 0.29) is 0 Å². The number of aromatic nitrogens is 2. The maximum atomic E-state index is 6.04. The summed E-state index contributed by atoms with van der Waals surface area (Å²) in [6, 6.07) is 1.39. The van der Waals surface area contributed by atoms with E-state index in [9.17, 15) is 0 Å². The van der Waals surface area contributed by atoms with Crippen LogP contribution in [0, 0.1) is 0 Å². The molecule has 18 heavy (non-hydrogen) atoms. The molecule has 2 aromatic heterocycles. The molecule has 2 bridgehead atoms. The molecule has 4 rings (SSSR count). The molecule has 96 valence electrons. The Balaban J connectivity index is 1.39. The van der Waals surface area contributed by atoms with Crippen molar-refractivity contribution in [3.05, 3.63) is 23.5 Å². The molecule has 0 aliphatic carbocycles. The molecular formula is C13H17N3OS. The molecule has 4 nitrogen and oxygen atoms in total. The molecule has 2 atom stereocenters. The van der Waals surface area contributed by atoms with Crippen molar-refractivity contribution < 1.29 is 4.74 Å². The van der Waals surface area contributed by atoms with Gasteiger partial charge in [0.15, 0.2) is 4.96 Å². The van der Waals surface area contributed by atoms with Crippen LogP contribution in [0.3, 0.4) is 0 Å². The van der Waals surface area contributed by atoms with Crippen LogP contribution in [0.5, 0.6) is 0 Å². The van der Waals surface area contributed by atoms with Gasteiger partial charge in [0.1, 0.15) is 0 Å². The van der Waals surface area contributed by atoms with Gasteiger partial charge < -0.3 is 10.1 Å². The van der Waals surface area contributed by atoms with E-state index in [1.807, 2.05) is 6.20 Å². The highest BCUT2D eigenvalue weighted by Gasteiger charge is 2.33. The predicted molar refractivity (Wildman–Crippen MR) is 70.8 cm³/mol. The van der Waals surface area contributed by atoms with Crippen molar-refractivity contribution in [1.29, 1.82) is 0 Å². The highest BCUT2D eigenvalue weighted by Crippen LogP contribution is 2.29. The second-order valence-electron chi connectivity index (χ2n) is 5.37. The number of rotatable bonds is 3. The molecule has 2 fully saturated rings. The molecule has 1 N–H and O–H groups in total. The number of hydrogen-bond donors (Lipinski definition) is 1. The van der Waals surface area contributed by atoms with Crippen LogP contribution in [-0.4, -0.2) is 27.6 Å². The summed E-state index contributed by atoms with van der Waals surface area (Å²) in [4.78, 5) is 5.61. The zero-order valence-electron chi connectivity index (χ0n) is 10.2. The first kappa shape index (κ1) is 11.0. The second-order valence-corrected chi connectivity index (χ2v) is 6.24. The summed E-state index contributed by atoms with van der Waals surface area (Å²) < 4.78 is 8.10. The molecule has 0 saturated carbocycles. The van der Waals surface area contributed by atoms with E-state index in [1.165, 1.54) is 25.7 Å². The van der Waals surface area contributed by atoms with Gasteiger partial charge in [-0.3, -0.25) is 4.40 Å². The third-order valence-corrected chi connectivity index (χ3v) is 4.81. The molecule has 0 aromatic carbocycles. The predicted octanol–water partition coefficient (Wildman–Crippen LogP) is 2.20. The van der Waals surface area contributed by atoms with Gasteiger partial charge in [0, 0.05) is 29.9 Å². The number of piperidine rings is 1. The molecule has 5 heteroatoms. The van der Waals surface area contributed by atoms with E-state index < -0.39 is 0 Å². The fourth-order valence-electron chi connectivity index (χ4n) is 3.19. The first-order valence-electron chi connectivity index (χ1n) is 6.65. The van der Waals surface area contributed by atoms with Crippen molar-refractivity contribution in [3.63, 3.8) is 0 Å². The zero-order valence-corrected chi connectivity index (χ0v) is 11.0. The Morgan fingerprint density at radius 3 is 3.00 bits per heavy atom. The maximum absolute atomic E-state index is 6.04. The lowest BCUT2D eigenvalue weighted by Gasteiger charge is -2.28. The van der Waals surface area contributed by atoms with Crippen molar-refractivity contribution in [1.82, 2.24) is 14.7 Å². The van der Waals surface area contributed by atoms with Gasteiger partial charge in [-0.2, -0.15) is 0 Å². The van der Waals surface area contributed by atoms with Crippen molar-refractivity contribution in [3.8, 4) is 0 Å². The number of imidazole rings is 1. The standard InChI is InChI=1S/C13H17N3OS/c1-2-10-6-12(5-9(1)14-10)17-8-11-7-16-3-4-18-13(16)15-11/h3-4,7,9-10,12,14H,1-2,5-6,8H2. The largest absolute Gasteiger partial charge is 0.372 e. The average Bonchev–Trinajstić information content (AvgIpc) is 3.01. The number of nitrogens with one attached hydrogen (secondary N) is 1. The summed E-state index contributed by atoms with van der Waals surface area (Å²) >= 11 is 1.67. The summed E-state index contributed by atoms with van der Waals surface area (Å²) in [5.41, 5.74) is 1.05. The van der Waals surface area contributed by atoms with E-state index >= 15 is 0 Å². The minimum absolute atomic E-state index is 0.420. The minimum Gasteiger partial charge on any atom is -0.372 e. The van der Waals surface area contributed by atoms with Crippen LogP contribution in [0.4, 0.5) is 0 Å². The Morgan fingerprint density at radius 1 is 1.39 bits per heavy atom. The van der Waals surface area contributed by atoms with Crippen LogP contribution in [0.1, 0.15) is 31.4 Å². The quantitative estimate of drug-likeness (QED) is 0.922. The summed E-state index contributed by atoms with van der Waals surface area (Å²) in [7, 11) is 0. The normalized spacial score (nSPS) is 31.2. The smallest absolute Gasteiger partial charge is 0.193 e. The van der Waals surface area contributed by atoms with Gasteiger partial charge in [-0.25, -0.2) is 4.98 Å². The summed E-state index contributed by atoms with van der Waals surface area (Å²) in [6.07, 6.45) is 9.51. The topological polar surface area (TPSA) is 38.6 Å². The lowest BCUT2D eigenvalue weighted by molar-refractivity contribution is 0.00784. The van der Waals surface area contributed by atoms with Crippen molar-refractivity contribution in [2.75, 3.05) is 0 Å². The molecule has 2 aliphatic heterocycles. The fourth-order valence-corrected chi connectivity index (χ4v) is 3.91. The van der Waals surface area contributed by atoms with Crippen molar-refractivity contribution >= 4 is 16.3 Å². The SMILES string of the molecule is c1cn2cc(COC3CC4CCC(C3)N4)nc2s1. The first-order chi connectivity index (χ1) is 8.87. The third kappa shape index (κ3) is 1.96. The van der Waals surface area contributed by atoms with Gasteiger partial charge in [0.25, 0.3) is 0 Å². The van der Waals surface area contributed by atoms with Crippen LogP contribution in [0.15, 0.2) is 17.8 Å². The Bertz CT molecular complexity index is 509. The number of nitrogens with zero attached hydrogens (tertiary/aromatic N) is 2. The maximum Gasteiger partial charge on any atom is 0.193 e. The number of ether oxygens (including phenoxy) is 1. The summed E-state index contributed by atoms with van der Waals surface area (Å²) in [5.74, 6) is 0. The monoisotopic (exact) mass is 263 g/mol. The molecule has 2 aromatic rings.